The number of rotatable bonds is 10. The molecule has 11 heteroatoms. The summed E-state index contributed by atoms with van der Waals surface area (Å²) in [6, 6.07) is 2.98. The molecule has 3 aliphatic rings. The lowest BCUT2D eigenvalue weighted by Gasteiger charge is -2.31. The number of carbonyl (C=O) groups excluding carboxylic acids is 2. The lowest BCUT2D eigenvalue weighted by molar-refractivity contribution is -0.126. The Balaban J connectivity index is 1.39. The van der Waals surface area contributed by atoms with Gasteiger partial charge in [-0.25, -0.2) is 12.8 Å². The molecule has 2 aromatic rings. The highest BCUT2D eigenvalue weighted by molar-refractivity contribution is 7.91. The van der Waals surface area contributed by atoms with E-state index in [4.69, 9.17) is 5.73 Å². The first kappa shape index (κ1) is 31.5. The van der Waals surface area contributed by atoms with E-state index in [1.807, 2.05) is 18.4 Å². The van der Waals surface area contributed by atoms with Crippen LogP contribution in [0, 0.1) is 17.2 Å². The summed E-state index contributed by atoms with van der Waals surface area (Å²) < 4.78 is 44.4. The van der Waals surface area contributed by atoms with Crippen molar-refractivity contribution in [3.05, 3.63) is 40.5 Å². The van der Waals surface area contributed by atoms with Crippen LogP contribution in [0.15, 0.2) is 17.0 Å². The lowest BCUT2D eigenvalue weighted by Crippen LogP contribution is -2.40. The second-order valence-corrected chi connectivity index (χ2v) is 15.1. The fourth-order valence-electron chi connectivity index (χ4n) is 7.41. The fraction of sp³-hybridized carbons (Fsp3) is 0.625. The molecule has 0 saturated heterocycles. The molecule has 2 heterocycles. The second-order valence-electron chi connectivity index (χ2n) is 13.2. The minimum Gasteiger partial charge on any atom is -0.382 e. The number of aromatic nitrogens is 1. The number of carbonyl (C=O) groups is 2. The molecule has 0 spiro atoms. The van der Waals surface area contributed by atoms with Gasteiger partial charge in [-0.05, 0) is 87.6 Å². The predicted molar refractivity (Wildman–Crippen MR) is 166 cm³/mol. The molecule has 0 radical (unpaired) electrons. The smallest absolute Gasteiger partial charge is 0.253 e. The third kappa shape index (κ3) is 6.34. The molecule has 0 unspecified atom stereocenters. The molecular formula is C32H46FN5O4S. The summed E-state index contributed by atoms with van der Waals surface area (Å²) >= 11 is 0. The van der Waals surface area contributed by atoms with Crippen LogP contribution >= 0.6 is 0 Å². The van der Waals surface area contributed by atoms with Gasteiger partial charge in [-0.15, -0.1) is 0 Å². The zero-order chi connectivity index (χ0) is 31.1. The molecule has 1 aromatic heterocycles. The summed E-state index contributed by atoms with van der Waals surface area (Å²) in [5, 5.41) is 6.45. The zero-order valence-corrected chi connectivity index (χ0v) is 26.7. The largest absolute Gasteiger partial charge is 0.382 e. The maximum absolute atomic E-state index is 15.7. The first-order chi connectivity index (χ1) is 20.3. The molecule has 1 aliphatic heterocycles. The minimum atomic E-state index is -3.49. The van der Waals surface area contributed by atoms with Crippen molar-refractivity contribution >= 4 is 27.3 Å². The normalized spacial score (nSPS) is 22.2. The fourth-order valence-corrected chi connectivity index (χ4v) is 9.81. The molecule has 1 fully saturated rings. The summed E-state index contributed by atoms with van der Waals surface area (Å²) in [5.74, 6) is -1.52. The molecular weight excluding hydrogens is 569 g/mol. The van der Waals surface area contributed by atoms with Gasteiger partial charge in [0.1, 0.15) is 5.82 Å². The van der Waals surface area contributed by atoms with Crippen molar-refractivity contribution in [2.45, 2.75) is 90.0 Å². The van der Waals surface area contributed by atoms with Crippen molar-refractivity contribution in [3.8, 4) is 5.69 Å². The molecule has 5 rings (SSSR count). The van der Waals surface area contributed by atoms with E-state index in [1.54, 1.807) is 6.07 Å². The van der Waals surface area contributed by atoms with E-state index in [0.717, 1.165) is 37.3 Å². The van der Waals surface area contributed by atoms with Gasteiger partial charge in [0.2, 0.25) is 5.91 Å². The van der Waals surface area contributed by atoms with E-state index in [2.05, 4.69) is 29.4 Å². The van der Waals surface area contributed by atoms with Gasteiger partial charge < -0.3 is 25.8 Å². The van der Waals surface area contributed by atoms with Crippen molar-refractivity contribution in [2.75, 3.05) is 37.2 Å². The average Bonchev–Trinajstić information content (AvgIpc) is 3.50. The Morgan fingerprint density at radius 3 is 2.44 bits per heavy atom. The van der Waals surface area contributed by atoms with Crippen LogP contribution in [0.5, 0.6) is 0 Å². The summed E-state index contributed by atoms with van der Waals surface area (Å²) in [4.78, 5) is 27.9. The van der Waals surface area contributed by atoms with Crippen molar-refractivity contribution in [3.63, 3.8) is 0 Å². The Kier molecular flexibility index (Phi) is 8.96. The van der Waals surface area contributed by atoms with Crippen LogP contribution in [-0.2, 0) is 33.9 Å². The first-order valence-electron chi connectivity index (χ1n) is 15.7. The van der Waals surface area contributed by atoms with E-state index >= 15 is 4.39 Å². The molecule has 1 saturated carbocycles. The summed E-state index contributed by atoms with van der Waals surface area (Å²) in [7, 11) is -3.49. The van der Waals surface area contributed by atoms with Gasteiger partial charge in [-0.1, -0.05) is 27.7 Å². The molecule has 43 heavy (non-hydrogen) atoms. The van der Waals surface area contributed by atoms with E-state index in [-0.39, 0.29) is 29.2 Å². The van der Waals surface area contributed by atoms with Crippen molar-refractivity contribution < 1.29 is 22.4 Å². The van der Waals surface area contributed by atoms with E-state index < -0.39 is 27.0 Å². The van der Waals surface area contributed by atoms with Gasteiger partial charge in [-0.2, -0.15) is 0 Å². The van der Waals surface area contributed by atoms with Gasteiger partial charge >= 0.3 is 0 Å². The third-order valence-electron chi connectivity index (χ3n) is 9.46. The highest BCUT2D eigenvalue weighted by Crippen LogP contribution is 2.45. The summed E-state index contributed by atoms with van der Waals surface area (Å²) in [6.45, 7) is 11.4. The molecule has 2 aliphatic carbocycles. The number of halogens is 1. The van der Waals surface area contributed by atoms with Crippen LogP contribution in [0.4, 0.5) is 10.1 Å². The van der Waals surface area contributed by atoms with Gasteiger partial charge in [0.25, 0.3) is 5.91 Å². The van der Waals surface area contributed by atoms with Crippen LogP contribution < -0.4 is 16.4 Å². The highest BCUT2D eigenvalue weighted by atomic mass is 32.2. The number of anilines is 1. The van der Waals surface area contributed by atoms with Gasteiger partial charge in [0.05, 0.1) is 27.6 Å². The Hall–Kier alpha value is -2.92. The molecule has 236 valence electrons. The van der Waals surface area contributed by atoms with Gasteiger partial charge in [0, 0.05) is 36.4 Å². The number of primary amides is 1. The van der Waals surface area contributed by atoms with Crippen LogP contribution in [0.3, 0.4) is 0 Å². The molecule has 9 nitrogen and oxygen atoms in total. The number of hydrogen-bond acceptors (Lipinski definition) is 6. The van der Waals surface area contributed by atoms with E-state index in [9.17, 15) is 18.0 Å². The van der Waals surface area contributed by atoms with E-state index in [0.29, 0.717) is 73.5 Å². The minimum absolute atomic E-state index is 0.0592. The predicted octanol–water partition coefficient (Wildman–Crippen LogP) is 3.99. The number of likely N-dealkylation sites (N-methyl/N-ethyl adjacent to an activating group) is 1. The van der Waals surface area contributed by atoms with Crippen LogP contribution in [-0.4, -0.2) is 67.7 Å². The van der Waals surface area contributed by atoms with Crippen molar-refractivity contribution in [1.29, 1.82) is 0 Å². The maximum Gasteiger partial charge on any atom is 0.253 e. The Bertz CT molecular complexity index is 1500. The molecule has 4 N–H and O–H groups in total. The maximum atomic E-state index is 15.7. The standard InChI is InChI=1S/C32H46FN5O4S/c1-5-37(6-2)15-14-35-31(40)20-10-12-21(13-11-20)36-25-17-22(16-24(33)28(25)30(34)39)38-26-9-7-8-23(26)29-27(38)18-32(3,4)19-43(29,41)42/h16-17,20-21,36H,5-15,18-19H2,1-4H3,(H2,34,39)(H,35,40). The topological polar surface area (TPSA) is 127 Å². The Morgan fingerprint density at radius 2 is 1.79 bits per heavy atom. The number of hydrogen-bond donors (Lipinski definition) is 3. The van der Waals surface area contributed by atoms with Crippen LogP contribution in [0.25, 0.3) is 5.69 Å². The molecule has 2 amide bonds. The number of amides is 2. The van der Waals surface area contributed by atoms with Crippen molar-refractivity contribution in [1.82, 2.24) is 14.8 Å². The van der Waals surface area contributed by atoms with Crippen LogP contribution in [0.2, 0.25) is 0 Å². The quantitative estimate of drug-likeness (QED) is 0.371. The highest BCUT2D eigenvalue weighted by Gasteiger charge is 2.42. The Morgan fingerprint density at radius 1 is 1.09 bits per heavy atom. The number of nitrogens with one attached hydrogen (secondary N) is 2. The lowest BCUT2D eigenvalue weighted by atomic mass is 9.85. The zero-order valence-electron chi connectivity index (χ0n) is 25.9. The Labute approximate surface area is 254 Å². The van der Waals surface area contributed by atoms with Gasteiger partial charge in [-0.3, -0.25) is 9.59 Å². The van der Waals surface area contributed by atoms with E-state index in [1.165, 1.54) is 6.07 Å². The number of nitrogens with two attached hydrogens (primary N) is 1. The van der Waals surface area contributed by atoms with Crippen molar-refractivity contribution in [2.24, 2.45) is 17.1 Å². The van der Waals surface area contributed by atoms with Gasteiger partial charge in [0.15, 0.2) is 9.84 Å². The third-order valence-corrected chi connectivity index (χ3v) is 11.7. The average molecular weight is 616 g/mol. The number of nitrogens with zero attached hydrogens (tertiary/aromatic N) is 2. The van der Waals surface area contributed by atoms with Crippen LogP contribution in [0.1, 0.15) is 87.1 Å². The molecule has 0 bridgehead atoms. The number of fused-ring (bicyclic) bond motifs is 3. The second kappa shape index (κ2) is 12.2. The number of benzene rings is 1. The SMILES string of the molecule is CCN(CC)CCNC(=O)C1CCC(Nc2cc(-n3c4c(c5c3CC(C)(C)CS5(=O)=O)CCC4)cc(F)c2C(N)=O)CC1. The number of sulfone groups is 1. The summed E-state index contributed by atoms with van der Waals surface area (Å²) in [6.07, 6.45) is 5.55. The summed E-state index contributed by atoms with van der Waals surface area (Å²) in [5.41, 5.74) is 8.26. The molecule has 0 atom stereocenters. The molecule has 1 aromatic carbocycles. The first-order valence-corrected chi connectivity index (χ1v) is 17.4. The monoisotopic (exact) mass is 615 g/mol.